The summed E-state index contributed by atoms with van der Waals surface area (Å²) in [5.41, 5.74) is -0.173. The summed E-state index contributed by atoms with van der Waals surface area (Å²) in [5.74, 6) is 0.414. The number of ether oxygens (including phenoxy) is 1. The molecule has 0 radical (unpaired) electrons. The summed E-state index contributed by atoms with van der Waals surface area (Å²) >= 11 is 5.98. The van der Waals surface area contributed by atoms with Crippen molar-refractivity contribution in [2.24, 2.45) is 0 Å². The quantitative estimate of drug-likeness (QED) is 0.834. The van der Waals surface area contributed by atoms with Gasteiger partial charge in [-0.3, -0.25) is 0 Å². The number of hydrogen-bond donors (Lipinski definition) is 2. The van der Waals surface area contributed by atoms with E-state index in [9.17, 15) is 4.79 Å². The third-order valence-electron chi connectivity index (χ3n) is 2.10. The van der Waals surface area contributed by atoms with Crippen LogP contribution < -0.4 is 10.6 Å². The molecule has 0 unspecified atom stereocenters. The average molecular weight is 297 g/mol. The van der Waals surface area contributed by atoms with Crippen LogP contribution in [-0.2, 0) is 4.74 Å². The number of nitrogens with zero attached hydrogens (tertiary/aromatic N) is 2. The molecule has 7 heteroatoms. The number of alkyl carbamates (subject to hydrolysis) is 1. The van der Waals surface area contributed by atoms with Gasteiger partial charge in [-0.05, 0) is 26.8 Å². The van der Waals surface area contributed by atoms with Crippen LogP contribution in [0.2, 0.25) is 5.02 Å². The third-order valence-corrected chi connectivity index (χ3v) is 2.48. The van der Waals surface area contributed by atoms with Crippen LogP contribution in [0.1, 0.15) is 26.3 Å². The van der Waals surface area contributed by atoms with Crippen LogP contribution in [0.25, 0.3) is 0 Å². The van der Waals surface area contributed by atoms with Gasteiger partial charge in [0.2, 0.25) is 0 Å². The Hall–Kier alpha value is -2.00. The van der Waals surface area contributed by atoms with Crippen molar-refractivity contribution >= 4 is 23.5 Å². The van der Waals surface area contributed by atoms with Crippen molar-refractivity contribution in [3.63, 3.8) is 0 Å². The van der Waals surface area contributed by atoms with Gasteiger partial charge in [0, 0.05) is 19.3 Å². The Morgan fingerprint density at radius 1 is 1.50 bits per heavy atom. The predicted octanol–water partition coefficient (Wildman–Crippen LogP) is 2.54. The minimum atomic E-state index is -0.524. The number of hydrogen-bond acceptors (Lipinski definition) is 5. The minimum absolute atomic E-state index is 0.271. The van der Waals surface area contributed by atoms with Gasteiger partial charge in [0.1, 0.15) is 22.5 Å². The maximum absolute atomic E-state index is 11.4. The highest BCUT2D eigenvalue weighted by Gasteiger charge is 2.15. The van der Waals surface area contributed by atoms with Crippen molar-refractivity contribution in [2.45, 2.75) is 26.4 Å². The SMILES string of the molecule is CC(C)(C)OC(=O)NCCNc1nccc(C#N)c1Cl. The van der Waals surface area contributed by atoms with Gasteiger partial charge in [0.15, 0.2) is 0 Å². The summed E-state index contributed by atoms with van der Waals surface area (Å²) in [5, 5.41) is 14.6. The van der Waals surface area contributed by atoms with E-state index in [-0.39, 0.29) is 5.02 Å². The molecule has 20 heavy (non-hydrogen) atoms. The molecule has 108 valence electrons. The van der Waals surface area contributed by atoms with Crippen molar-refractivity contribution in [3.05, 3.63) is 22.8 Å². The van der Waals surface area contributed by atoms with Gasteiger partial charge in [-0.1, -0.05) is 11.6 Å². The molecule has 0 atom stereocenters. The molecule has 0 spiro atoms. The Morgan fingerprint density at radius 2 is 2.20 bits per heavy atom. The molecule has 2 N–H and O–H groups in total. The molecular formula is C13H17ClN4O2. The normalized spacial score (nSPS) is 10.6. The van der Waals surface area contributed by atoms with Crippen LogP contribution in [0.15, 0.2) is 12.3 Å². The van der Waals surface area contributed by atoms with Gasteiger partial charge in [0.25, 0.3) is 0 Å². The van der Waals surface area contributed by atoms with Gasteiger partial charge >= 0.3 is 6.09 Å². The zero-order chi connectivity index (χ0) is 15.2. The lowest BCUT2D eigenvalue weighted by atomic mass is 10.2. The molecule has 1 aromatic heterocycles. The lowest BCUT2D eigenvalue weighted by molar-refractivity contribution is 0.0530. The Labute approximate surface area is 123 Å². The highest BCUT2D eigenvalue weighted by atomic mass is 35.5. The fourth-order valence-corrected chi connectivity index (χ4v) is 1.53. The number of nitrogens with one attached hydrogen (secondary N) is 2. The Kier molecular flexibility index (Phi) is 5.59. The zero-order valence-electron chi connectivity index (χ0n) is 11.7. The smallest absolute Gasteiger partial charge is 0.407 e. The van der Waals surface area contributed by atoms with Crippen LogP contribution in [-0.4, -0.2) is 29.8 Å². The van der Waals surface area contributed by atoms with Gasteiger partial charge < -0.3 is 15.4 Å². The lowest BCUT2D eigenvalue weighted by Gasteiger charge is -2.19. The van der Waals surface area contributed by atoms with Crippen molar-refractivity contribution in [3.8, 4) is 6.07 Å². The van der Waals surface area contributed by atoms with Gasteiger partial charge in [-0.25, -0.2) is 9.78 Å². The molecule has 1 aromatic rings. The van der Waals surface area contributed by atoms with Crippen LogP contribution in [0.5, 0.6) is 0 Å². The Bertz CT molecular complexity index is 520. The summed E-state index contributed by atoms with van der Waals surface area (Å²) in [6.45, 7) is 6.15. The molecule has 1 amide bonds. The first-order chi connectivity index (χ1) is 9.33. The molecule has 0 saturated heterocycles. The van der Waals surface area contributed by atoms with E-state index in [1.54, 1.807) is 20.8 Å². The van der Waals surface area contributed by atoms with Gasteiger partial charge in [-0.15, -0.1) is 0 Å². The second kappa shape index (κ2) is 6.96. The average Bonchev–Trinajstić information content (AvgIpc) is 2.34. The number of carbonyl (C=O) groups is 1. The summed E-state index contributed by atoms with van der Waals surface area (Å²) < 4.78 is 5.09. The van der Waals surface area contributed by atoms with Crippen molar-refractivity contribution in [1.29, 1.82) is 5.26 Å². The van der Waals surface area contributed by atoms with E-state index in [0.717, 1.165) is 0 Å². The molecule has 0 bridgehead atoms. The number of carbonyl (C=O) groups excluding carboxylic acids is 1. The largest absolute Gasteiger partial charge is 0.444 e. The molecule has 0 saturated carbocycles. The van der Waals surface area contributed by atoms with E-state index in [1.165, 1.54) is 12.3 Å². The molecular weight excluding hydrogens is 280 g/mol. The number of amides is 1. The summed E-state index contributed by atoms with van der Waals surface area (Å²) in [4.78, 5) is 15.4. The van der Waals surface area contributed by atoms with Crippen molar-refractivity contribution < 1.29 is 9.53 Å². The molecule has 1 rings (SSSR count). The predicted molar refractivity (Wildman–Crippen MR) is 76.7 cm³/mol. The highest BCUT2D eigenvalue weighted by Crippen LogP contribution is 2.22. The summed E-state index contributed by atoms with van der Waals surface area (Å²) in [6.07, 6.45) is 1.01. The molecule has 0 fully saturated rings. The molecule has 0 aromatic carbocycles. The van der Waals surface area contributed by atoms with Crippen LogP contribution >= 0.6 is 11.6 Å². The second-order valence-corrected chi connectivity index (χ2v) is 5.37. The van der Waals surface area contributed by atoms with E-state index in [0.29, 0.717) is 24.5 Å². The molecule has 0 aliphatic rings. The van der Waals surface area contributed by atoms with Crippen molar-refractivity contribution in [1.82, 2.24) is 10.3 Å². The van der Waals surface area contributed by atoms with E-state index in [2.05, 4.69) is 15.6 Å². The Morgan fingerprint density at radius 3 is 2.80 bits per heavy atom. The maximum Gasteiger partial charge on any atom is 0.407 e. The first-order valence-electron chi connectivity index (χ1n) is 6.09. The van der Waals surface area contributed by atoms with Crippen LogP contribution in [0.4, 0.5) is 10.6 Å². The van der Waals surface area contributed by atoms with Gasteiger partial charge in [0.05, 0.1) is 5.56 Å². The first kappa shape index (κ1) is 16.1. The van der Waals surface area contributed by atoms with E-state index < -0.39 is 11.7 Å². The molecule has 6 nitrogen and oxygen atoms in total. The minimum Gasteiger partial charge on any atom is -0.444 e. The van der Waals surface area contributed by atoms with Crippen LogP contribution in [0.3, 0.4) is 0 Å². The lowest BCUT2D eigenvalue weighted by Crippen LogP contribution is -2.35. The third kappa shape index (κ3) is 5.33. The van der Waals surface area contributed by atoms with Crippen LogP contribution in [0, 0.1) is 11.3 Å². The summed E-state index contributed by atoms with van der Waals surface area (Å²) in [7, 11) is 0. The number of rotatable bonds is 4. The number of anilines is 1. The number of halogens is 1. The topological polar surface area (TPSA) is 87.0 Å². The standard InChI is InChI=1S/C13H17ClN4O2/c1-13(2,3)20-12(19)18-7-6-17-11-10(14)9(8-15)4-5-16-11/h4-5H,6-7H2,1-3H3,(H,16,17)(H,18,19). The second-order valence-electron chi connectivity index (χ2n) is 4.99. The fourth-order valence-electron chi connectivity index (χ4n) is 1.31. The van der Waals surface area contributed by atoms with E-state index in [1.807, 2.05) is 6.07 Å². The summed E-state index contributed by atoms with van der Waals surface area (Å²) in [6, 6.07) is 3.50. The van der Waals surface area contributed by atoms with Crippen molar-refractivity contribution in [2.75, 3.05) is 18.4 Å². The van der Waals surface area contributed by atoms with E-state index in [4.69, 9.17) is 21.6 Å². The van der Waals surface area contributed by atoms with Gasteiger partial charge in [-0.2, -0.15) is 5.26 Å². The highest BCUT2D eigenvalue weighted by molar-refractivity contribution is 6.34. The monoisotopic (exact) mass is 296 g/mol. The molecule has 0 aliphatic heterocycles. The number of pyridine rings is 1. The molecule has 1 heterocycles. The zero-order valence-corrected chi connectivity index (χ0v) is 12.4. The molecule has 0 aliphatic carbocycles. The number of nitriles is 1. The fraction of sp³-hybridized carbons (Fsp3) is 0.462. The number of aromatic nitrogens is 1. The van der Waals surface area contributed by atoms with E-state index >= 15 is 0 Å². The first-order valence-corrected chi connectivity index (χ1v) is 6.46. The maximum atomic E-state index is 11.4. The Balaban J connectivity index is 2.39.